The van der Waals surface area contributed by atoms with E-state index in [1.807, 2.05) is 0 Å². The van der Waals surface area contributed by atoms with Crippen molar-refractivity contribution in [3.63, 3.8) is 0 Å². The zero-order valence-electron chi connectivity index (χ0n) is 10.8. The Hall–Kier alpha value is -0.740. The second-order valence-corrected chi connectivity index (χ2v) is 8.30. The van der Waals surface area contributed by atoms with E-state index < -0.39 is 30.8 Å². The first-order valence-electron chi connectivity index (χ1n) is 5.40. The summed E-state index contributed by atoms with van der Waals surface area (Å²) in [5, 5.41) is -0.297. The molecule has 0 heterocycles. The van der Waals surface area contributed by atoms with Gasteiger partial charge in [0.1, 0.15) is 4.90 Å². The molecule has 1 aromatic rings. The number of likely N-dealkylation sites (N-methyl/N-ethyl adjacent to an activating group) is 1. The Kier molecular flexibility index (Phi) is 5.50. The first kappa shape index (κ1) is 17.3. The quantitative estimate of drug-likeness (QED) is 0.821. The van der Waals surface area contributed by atoms with Crippen LogP contribution in [-0.4, -0.2) is 47.5 Å². The maximum atomic E-state index is 13.7. The number of sulfonamides is 2. The van der Waals surface area contributed by atoms with Crippen molar-refractivity contribution in [3.05, 3.63) is 29.0 Å². The van der Waals surface area contributed by atoms with E-state index in [2.05, 4.69) is 4.72 Å². The Balaban J connectivity index is 2.91. The molecular weight excluding hydrogens is 331 g/mol. The standard InChI is InChI=1S/C10H14ClFN2O4S2/c1-14(7-6-13-19(2,15)16)20(17,18)9-5-3-4-8(11)10(9)12/h3-5,13H,6-7H2,1-2H3. The topological polar surface area (TPSA) is 83.6 Å². The van der Waals surface area contributed by atoms with E-state index in [0.29, 0.717) is 0 Å². The van der Waals surface area contributed by atoms with E-state index in [-0.39, 0.29) is 18.1 Å². The van der Waals surface area contributed by atoms with E-state index in [9.17, 15) is 21.2 Å². The summed E-state index contributed by atoms with van der Waals surface area (Å²) in [6, 6.07) is 3.65. The zero-order chi connectivity index (χ0) is 15.6. The highest BCUT2D eigenvalue weighted by molar-refractivity contribution is 7.89. The van der Waals surface area contributed by atoms with Crippen LogP contribution in [0.1, 0.15) is 0 Å². The van der Waals surface area contributed by atoms with Crippen LogP contribution in [0.3, 0.4) is 0 Å². The second kappa shape index (κ2) is 6.35. The normalized spacial score (nSPS) is 12.8. The Morgan fingerprint density at radius 2 is 1.90 bits per heavy atom. The van der Waals surface area contributed by atoms with Crippen molar-refractivity contribution in [2.45, 2.75) is 4.90 Å². The number of hydrogen-bond acceptors (Lipinski definition) is 4. The summed E-state index contributed by atoms with van der Waals surface area (Å²) in [4.78, 5) is -0.549. The van der Waals surface area contributed by atoms with E-state index in [1.165, 1.54) is 19.2 Å². The molecule has 0 aliphatic heterocycles. The Morgan fingerprint density at radius 1 is 1.30 bits per heavy atom. The molecule has 114 valence electrons. The molecule has 1 aromatic carbocycles. The first-order chi connectivity index (χ1) is 9.05. The maximum Gasteiger partial charge on any atom is 0.245 e. The van der Waals surface area contributed by atoms with Crippen LogP contribution < -0.4 is 4.72 Å². The molecule has 0 aliphatic carbocycles. The van der Waals surface area contributed by atoms with Gasteiger partial charge in [-0.1, -0.05) is 17.7 Å². The van der Waals surface area contributed by atoms with Crippen LogP contribution in [0.2, 0.25) is 5.02 Å². The van der Waals surface area contributed by atoms with Crippen molar-refractivity contribution < 1.29 is 21.2 Å². The van der Waals surface area contributed by atoms with Crippen LogP contribution >= 0.6 is 11.6 Å². The van der Waals surface area contributed by atoms with Gasteiger partial charge >= 0.3 is 0 Å². The largest absolute Gasteiger partial charge is 0.245 e. The lowest BCUT2D eigenvalue weighted by Crippen LogP contribution is -2.36. The van der Waals surface area contributed by atoms with Gasteiger partial charge in [0.2, 0.25) is 20.0 Å². The fourth-order valence-corrected chi connectivity index (χ4v) is 3.31. The molecule has 0 amide bonds. The summed E-state index contributed by atoms with van der Waals surface area (Å²) < 4.78 is 62.7. The monoisotopic (exact) mass is 344 g/mol. The lowest BCUT2D eigenvalue weighted by Gasteiger charge is -2.17. The molecule has 0 aliphatic rings. The molecule has 0 saturated carbocycles. The second-order valence-electron chi connectivity index (χ2n) is 4.05. The van der Waals surface area contributed by atoms with Crippen molar-refractivity contribution in [3.8, 4) is 0 Å². The third kappa shape index (κ3) is 4.38. The molecule has 0 radical (unpaired) electrons. The molecule has 0 atom stereocenters. The van der Waals surface area contributed by atoms with Crippen molar-refractivity contribution in [2.75, 3.05) is 26.4 Å². The average molecular weight is 345 g/mol. The van der Waals surface area contributed by atoms with Gasteiger partial charge in [0, 0.05) is 20.1 Å². The van der Waals surface area contributed by atoms with E-state index in [1.54, 1.807) is 0 Å². The minimum absolute atomic E-state index is 0.114. The van der Waals surface area contributed by atoms with Crippen molar-refractivity contribution in [1.82, 2.24) is 9.03 Å². The molecule has 1 rings (SSSR count). The predicted octanol–water partition coefficient (Wildman–Crippen LogP) is 0.649. The van der Waals surface area contributed by atoms with Gasteiger partial charge in [0.25, 0.3) is 0 Å². The summed E-state index contributed by atoms with van der Waals surface area (Å²) >= 11 is 5.54. The Bertz CT molecular complexity index is 691. The molecule has 0 fully saturated rings. The van der Waals surface area contributed by atoms with Gasteiger partial charge < -0.3 is 0 Å². The molecule has 0 saturated heterocycles. The number of benzene rings is 1. The first-order valence-corrected chi connectivity index (χ1v) is 9.11. The smallest absolute Gasteiger partial charge is 0.214 e. The van der Waals surface area contributed by atoms with E-state index >= 15 is 0 Å². The van der Waals surface area contributed by atoms with Gasteiger partial charge in [-0.05, 0) is 12.1 Å². The van der Waals surface area contributed by atoms with Gasteiger partial charge in [-0.15, -0.1) is 0 Å². The van der Waals surface area contributed by atoms with Gasteiger partial charge in [-0.25, -0.2) is 25.9 Å². The number of rotatable bonds is 6. The molecule has 6 nitrogen and oxygen atoms in total. The summed E-state index contributed by atoms with van der Waals surface area (Å²) in [6.45, 7) is -0.252. The average Bonchev–Trinajstić information content (AvgIpc) is 2.30. The number of hydrogen-bond donors (Lipinski definition) is 1. The molecular formula is C10H14ClFN2O4S2. The molecule has 10 heteroatoms. The fourth-order valence-electron chi connectivity index (χ4n) is 1.36. The third-order valence-electron chi connectivity index (χ3n) is 2.40. The minimum atomic E-state index is -4.07. The highest BCUT2D eigenvalue weighted by Gasteiger charge is 2.25. The van der Waals surface area contributed by atoms with Crippen LogP contribution in [-0.2, 0) is 20.0 Å². The van der Waals surface area contributed by atoms with Gasteiger partial charge in [0.05, 0.1) is 11.3 Å². The number of halogens is 2. The third-order valence-corrected chi connectivity index (χ3v) is 5.29. The number of nitrogens with zero attached hydrogens (tertiary/aromatic N) is 1. The molecule has 0 spiro atoms. The van der Waals surface area contributed by atoms with Crippen LogP contribution in [0.5, 0.6) is 0 Å². The van der Waals surface area contributed by atoms with Crippen LogP contribution in [0.4, 0.5) is 4.39 Å². The van der Waals surface area contributed by atoms with Crippen molar-refractivity contribution in [2.24, 2.45) is 0 Å². The van der Waals surface area contributed by atoms with Gasteiger partial charge in [-0.3, -0.25) is 0 Å². The zero-order valence-corrected chi connectivity index (χ0v) is 13.2. The summed E-state index contributed by atoms with van der Waals surface area (Å²) in [6.07, 6.45) is 0.956. The lowest BCUT2D eigenvalue weighted by atomic mass is 10.3. The SMILES string of the molecule is CN(CCNS(C)(=O)=O)S(=O)(=O)c1cccc(Cl)c1F. The van der Waals surface area contributed by atoms with E-state index in [4.69, 9.17) is 11.6 Å². The van der Waals surface area contributed by atoms with Gasteiger partial charge in [-0.2, -0.15) is 4.31 Å². The van der Waals surface area contributed by atoms with Gasteiger partial charge in [0.15, 0.2) is 5.82 Å². The summed E-state index contributed by atoms with van der Waals surface area (Å²) in [7, 11) is -6.26. The highest BCUT2D eigenvalue weighted by Crippen LogP contribution is 2.23. The maximum absolute atomic E-state index is 13.7. The van der Waals surface area contributed by atoms with Crippen molar-refractivity contribution >= 4 is 31.6 Å². The summed E-state index contributed by atoms with van der Waals surface area (Å²) in [5.74, 6) is -1.03. The molecule has 20 heavy (non-hydrogen) atoms. The fraction of sp³-hybridized carbons (Fsp3) is 0.400. The highest BCUT2D eigenvalue weighted by atomic mass is 35.5. The van der Waals surface area contributed by atoms with Crippen molar-refractivity contribution in [1.29, 1.82) is 0 Å². The predicted molar refractivity (Wildman–Crippen MR) is 74.1 cm³/mol. The minimum Gasteiger partial charge on any atom is -0.214 e. The summed E-state index contributed by atoms with van der Waals surface area (Å²) in [5.41, 5.74) is 0. The molecule has 0 bridgehead atoms. The Labute approximate surface area is 122 Å². The van der Waals surface area contributed by atoms with Crippen LogP contribution in [0.25, 0.3) is 0 Å². The number of nitrogens with one attached hydrogen (secondary N) is 1. The van der Waals surface area contributed by atoms with Crippen LogP contribution in [0.15, 0.2) is 23.1 Å². The lowest BCUT2D eigenvalue weighted by molar-refractivity contribution is 0.463. The molecule has 0 unspecified atom stereocenters. The molecule has 1 N–H and O–H groups in total. The Morgan fingerprint density at radius 3 is 2.45 bits per heavy atom. The van der Waals surface area contributed by atoms with E-state index in [0.717, 1.165) is 16.6 Å². The van der Waals surface area contributed by atoms with Crippen LogP contribution in [0, 0.1) is 5.82 Å². The molecule has 0 aromatic heterocycles.